The summed E-state index contributed by atoms with van der Waals surface area (Å²) in [5.41, 5.74) is 3.43. The van der Waals surface area contributed by atoms with Crippen LogP contribution in [0.4, 0.5) is 5.69 Å². The van der Waals surface area contributed by atoms with Crippen LogP contribution in [0.3, 0.4) is 0 Å². The van der Waals surface area contributed by atoms with Gasteiger partial charge in [0.2, 0.25) is 10.9 Å². The van der Waals surface area contributed by atoms with Crippen molar-refractivity contribution >= 4 is 29.0 Å². The Morgan fingerprint density at radius 1 is 1.41 bits per heavy atom. The standard InChI is InChI=1S/C8H17N5O2S.ClH/c1-11(2)4-5-13(16(14)15)10-8-6-9-12(3)7-8;/h6-7,10,16H,4-5H2,1-3H3;1H. The number of hydrazine groups is 1. The number of anilines is 1. The molecule has 1 heterocycles. The first-order valence-corrected chi connectivity index (χ1v) is 5.94. The molecular formula is C8H18ClN5O2S. The summed E-state index contributed by atoms with van der Waals surface area (Å²) in [5, 5.41) is 3.94. The highest BCUT2D eigenvalue weighted by Gasteiger charge is 2.08. The fourth-order valence-electron chi connectivity index (χ4n) is 1.10. The predicted octanol–water partition coefficient (Wildman–Crippen LogP) is -0.441. The molecule has 0 aromatic carbocycles. The fourth-order valence-corrected chi connectivity index (χ4v) is 1.55. The maximum Gasteiger partial charge on any atom is 0.220 e. The molecule has 1 rings (SSSR count). The zero-order chi connectivity index (χ0) is 12.1. The monoisotopic (exact) mass is 283 g/mol. The van der Waals surface area contributed by atoms with Crippen molar-refractivity contribution in [1.82, 2.24) is 19.1 Å². The SMILES string of the molecule is CN(C)CCN(Nc1cnn(C)c1)[SH](=O)=O.Cl. The number of rotatable bonds is 6. The lowest BCUT2D eigenvalue weighted by Gasteiger charge is -2.18. The lowest BCUT2D eigenvalue weighted by Crippen LogP contribution is -2.34. The second-order valence-corrected chi connectivity index (χ2v) is 4.64. The molecule has 1 aromatic heterocycles. The largest absolute Gasteiger partial charge is 0.308 e. The van der Waals surface area contributed by atoms with Crippen molar-refractivity contribution in [2.24, 2.45) is 7.05 Å². The molecule has 17 heavy (non-hydrogen) atoms. The number of nitrogens with one attached hydrogen (secondary N) is 1. The second-order valence-electron chi connectivity index (χ2n) is 3.68. The van der Waals surface area contributed by atoms with Gasteiger partial charge in [0.1, 0.15) is 0 Å². The Labute approximate surface area is 109 Å². The summed E-state index contributed by atoms with van der Waals surface area (Å²) in [6.45, 7) is 1.04. The highest BCUT2D eigenvalue weighted by molar-refractivity contribution is 7.69. The molecule has 0 spiro atoms. The first-order chi connectivity index (χ1) is 7.49. The Bertz CT molecular complexity index is 398. The topological polar surface area (TPSA) is 70.5 Å². The van der Waals surface area contributed by atoms with Crippen LogP contribution in [0, 0.1) is 0 Å². The number of aromatic nitrogens is 2. The van der Waals surface area contributed by atoms with E-state index in [0.717, 1.165) is 0 Å². The summed E-state index contributed by atoms with van der Waals surface area (Å²) >= 11 is 0. The van der Waals surface area contributed by atoms with Gasteiger partial charge in [-0.3, -0.25) is 4.68 Å². The van der Waals surface area contributed by atoms with Gasteiger partial charge in [0, 0.05) is 26.3 Å². The Morgan fingerprint density at radius 2 is 2.06 bits per heavy atom. The van der Waals surface area contributed by atoms with Gasteiger partial charge in [0.15, 0.2) is 0 Å². The number of halogens is 1. The van der Waals surface area contributed by atoms with Gasteiger partial charge in [-0.2, -0.15) is 5.10 Å². The number of nitrogens with zero attached hydrogens (tertiary/aromatic N) is 4. The number of hydrogen-bond donors (Lipinski definition) is 2. The molecule has 0 unspecified atom stereocenters. The lowest BCUT2D eigenvalue weighted by molar-refractivity contribution is 0.361. The van der Waals surface area contributed by atoms with E-state index < -0.39 is 10.9 Å². The first-order valence-electron chi connectivity index (χ1n) is 4.81. The highest BCUT2D eigenvalue weighted by atomic mass is 35.5. The summed E-state index contributed by atoms with van der Waals surface area (Å²) < 4.78 is 24.7. The third-order valence-electron chi connectivity index (χ3n) is 1.92. The fraction of sp³-hybridized carbons (Fsp3) is 0.625. The summed E-state index contributed by atoms with van der Waals surface area (Å²) in [4.78, 5) is 1.91. The van der Waals surface area contributed by atoms with E-state index >= 15 is 0 Å². The molecule has 100 valence electrons. The molecule has 0 atom stereocenters. The van der Waals surface area contributed by atoms with Gasteiger partial charge in [-0.15, -0.1) is 16.8 Å². The van der Waals surface area contributed by atoms with Gasteiger partial charge in [0.05, 0.1) is 11.9 Å². The van der Waals surface area contributed by atoms with Crippen LogP contribution in [0.2, 0.25) is 0 Å². The number of hydrogen-bond acceptors (Lipinski definition) is 5. The minimum atomic E-state index is -2.65. The van der Waals surface area contributed by atoms with Crippen LogP contribution in [-0.2, 0) is 17.9 Å². The summed E-state index contributed by atoms with van der Waals surface area (Å²) in [6, 6.07) is 0. The molecule has 0 fully saturated rings. The van der Waals surface area contributed by atoms with Gasteiger partial charge >= 0.3 is 0 Å². The molecule has 1 N–H and O–H groups in total. The summed E-state index contributed by atoms with van der Waals surface area (Å²) in [5.74, 6) is 0. The van der Waals surface area contributed by atoms with Crippen LogP contribution in [-0.4, -0.2) is 54.7 Å². The van der Waals surface area contributed by atoms with Crippen LogP contribution in [0.25, 0.3) is 0 Å². The summed E-state index contributed by atoms with van der Waals surface area (Å²) in [7, 11) is 2.90. The van der Waals surface area contributed by atoms with Crippen LogP contribution >= 0.6 is 12.4 Å². The van der Waals surface area contributed by atoms with Crippen molar-refractivity contribution in [3.63, 3.8) is 0 Å². The predicted molar refractivity (Wildman–Crippen MR) is 69.7 cm³/mol. The van der Waals surface area contributed by atoms with Crippen LogP contribution in [0.1, 0.15) is 0 Å². The van der Waals surface area contributed by atoms with E-state index in [0.29, 0.717) is 18.8 Å². The van der Waals surface area contributed by atoms with Gasteiger partial charge in [0.25, 0.3) is 0 Å². The molecule has 0 saturated carbocycles. The van der Waals surface area contributed by atoms with Crippen LogP contribution < -0.4 is 5.43 Å². The molecule has 7 nitrogen and oxygen atoms in total. The van der Waals surface area contributed by atoms with E-state index in [4.69, 9.17) is 0 Å². The van der Waals surface area contributed by atoms with Gasteiger partial charge < -0.3 is 10.3 Å². The molecule has 0 aliphatic rings. The molecule has 0 amide bonds. The average Bonchev–Trinajstić information content (AvgIpc) is 2.57. The second kappa shape index (κ2) is 7.49. The van der Waals surface area contributed by atoms with E-state index in [1.807, 2.05) is 19.0 Å². The highest BCUT2D eigenvalue weighted by Crippen LogP contribution is 2.05. The molecule has 0 saturated heterocycles. The molecule has 0 radical (unpaired) electrons. The van der Waals surface area contributed by atoms with Gasteiger partial charge in [-0.25, -0.2) is 8.42 Å². The van der Waals surface area contributed by atoms with Gasteiger partial charge in [-0.05, 0) is 14.1 Å². The van der Waals surface area contributed by atoms with Crippen LogP contribution in [0.5, 0.6) is 0 Å². The Morgan fingerprint density at radius 3 is 2.47 bits per heavy atom. The normalized spacial score (nSPS) is 10.9. The van der Waals surface area contributed by atoms with E-state index in [9.17, 15) is 8.42 Å². The van der Waals surface area contributed by atoms with E-state index in [-0.39, 0.29) is 12.4 Å². The number of aryl methyl sites for hydroxylation is 1. The lowest BCUT2D eigenvalue weighted by atomic mass is 10.6. The minimum Gasteiger partial charge on any atom is -0.308 e. The maximum absolute atomic E-state index is 11.0. The average molecular weight is 284 g/mol. The molecule has 1 aromatic rings. The first kappa shape index (κ1) is 16.2. The zero-order valence-electron chi connectivity index (χ0n) is 10.0. The number of likely N-dealkylation sites (N-methyl/N-ethyl adjacent to an activating group) is 1. The van der Waals surface area contributed by atoms with Crippen molar-refractivity contribution in [2.45, 2.75) is 0 Å². The van der Waals surface area contributed by atoms with E-state index in [1.54, 1.807) is 24.1 Å². The maximum atomic E-state index is 11.0. The van der Waals surface area contributed by atoms with Gasteiger partial charge in [-0.1, -0.05) is 0 Å². The molecule has 0 bridgehead atoms. The molecule has 0 aliphatic carbocycles. The molecule has 9 heteroatoms. The van der Waals surface area contributed by atoms with E-state index in [1.165, 1.54) is 4.41 Å². The minimum absolute atomic E-state index is 0. The van der Waals surface area contributed by atoms with Crippen LogP contribution in [0.15, 0.2) is 12.4 Å². The van der Waals surface area contributed by atoms with Crippen molar-refractivity contribution in [2.75, 3.05) is 32.6 Å². The van der Waals surface area contributed by atoms with Crippen molar-refractivity contribution in [1.29, 1.82) is 0 Å². The Kier molecular flexibility index (Phi) is 7.12. The Hall–Kier alpha value is -0.830. The Balaban J connectivity index is 0.00000256. The third kappa shape index (κ3) is 5.87. The quantitative estimate of drug-likeness (QED) is 0.547. The van der Waals surface area contributed by atoms with Crippen molar-refractivity contribution < 1.29 is 8.42 Å². The smallest absolute Gasteiger partial charge is 0.220 e. The third-order valence-corrected chi connectivity index (χ3v) is 2.61. The number of thiol groups is 1. The van der Waals surface area contributed by atoms with Crippen molar-refractivity contribution in [3.8, 4) is 0 Å². The molecular weight excluding hydrogens is 266 g/mol. The zero-order valence-corrected chi connectivity index (χ0v) is 11.7. The molecule has 0 aliphatic heterocycles. The summed E-state index contributed by atoms with van der Waals surface area (Å²) in [6.07, 6.45) is 3.28. The van der Waals surface area contributed by atoms with Crippen molar-refractivity contribution in [3.05, 3.63) is 12.4 Å². The van der Waals surface area contributed by atoms with E-state index in [2.05, 4.69) is 10.5 Å².